The lowest BCUT2D eigenvalue weighted by atomic mass is 10.1. The molecule has 184 valence electrons. The summed E-state index contributed by atoms with van der Waals surface area (Å²) in [5, 5.41) is 9.28. The van der Waals surface area contributed by atoms with Crippen LogP contribution in [0.15, 0.2) is 48.5 Å². The van der Waals surface area contributed by atoms with Gasteiger partial charge in [-0.05, 0) is 49.0 Å². The number of carbonyl (C=O) groups is 2. The molecule has 0 saturated carbocycles. The monoisotopic (exact) mass is 490 g/mol. The molecule has 2 aromatic carbocycles. The van der Waals surface area contributed by atoms with Crippen molar-refractivity contribution < 1.29 is 27.2 Å². The first kappa shape index (κ1) is 24.3. The van der Waals surface area contributed by atoms with E-state index in [-0.39, 0.29) is 18.1 Å². The standard InChI is InChI=1S/C23H22F4N6O2/c1-31-10-12-32(13-11-31)22(35)16-4-2-15(3-5-16)14-28-21(34)19-20(23(25,26)27)33(30-29-19)18-8-6-17(24)7-9-18/h2-9H,10-14H2,1H3,(H,28,34). The third-order valence-corrected chi connectivity index (χ3v) is 5.67. The third-order valence-electron chi connectivity index (χ3n) is 5.67. The van der Waals surface area contributed by atoms with Crippen molar-refractivity contribution in [2.24, 2.45) is 0 Å². The van der Waals surface area contributed by atoms with Gasteiger partial charge in [-0.15, -0.1) is 5.10 Å². The number of hydrogen-bond acceptors (Lipinski definition) is 5. The van der Waals surface area contributed by atoms with Crippen molar-refractivity contribution in [3.8, 4) is 5.69 Å². The zero-order valence-electron chi connectivity index (χ0n) is 18.7. The SMILES string of the molecule is CN1CCN(C(=O)c2ccc(CNC(=O)c3nnn(-c4ccc(F)cc4)c3C(F)(F)F)cc2)CC1. The molecule has 1 aromatic heterocycles. The Morgan fingerprint density at radius 1 is 0.971 bits per heavy atom. The number of halogens is 4. The lowest BCUT2D eigenvalue weighted by Gasteiger charge is -2.32. The van der Waals surface area contributed by atoms with Gasteiger partial charge in [-0.25, -0.2) is 9.07 Å². The molecule has 0 spiro atoms. The first-order valence-corrected chi connectivity index (χ1v) is 10.8. The van der Waals surface area contributed by atoms with Crippen LogP contribution in [-0.4, -0.2) is 69.8 Å². The molecule has 12 heteroatoms. The summed E-state index contributed by atoms with van der Waals surface area (Å²) < 4.78 is 54.8. The summed E-state index contributed by atoms with van der Waals surface area (Å²) in [5.41, 5.74) is -1.27. The summed E-state index contributed by atoms with van der Waals surface area (Å²) in [6.07, 6.45) is -4.93. The van der Waals surface area contributed by atoms with Gasteiger partial charge >= 0.3 is 6.18 Å². The maximum atomic E-state index is 13.7. The minimum atomic E-state index is -4.93. The van der Waals surface area contributed by atoms with Crippen LogP contribution >= 0.6 is 0 Å². The molecule has 1 N–H and O–H groups in total. The van der Waals surface area contributed by atoms with E-state index in [9.17, 15) is 27.2 Å². The predicted octanol–water partition coefficient (Wildman–Crippen LogP) is 2.74. The molecule has 0 aliphatic carbocycles. The average molecular weight is 490 g/mol. The normalized spacial score (nSPS) is 14.7. The van der Waals surface area contributed by atoms with E-state index in [1.165, 1.54) is 0 Å². The Labute approximate surface area is 198 Å². The van der Waals surface area contributed by atoms with Crippen LogP contribution in [0.5, 0.6) is 0 Å². The maximum Gasteiger partial charge on any atom is 0.435 e. The van der Waals surface area contributed by atoms with E-state index in [0.717, 1.165) is 37.4 Å². The highest BCUT2D eigenvalue weighted by molar-refractivity contribution is 5.94. The Kier molecular flexibility index (Phi) is 6.83. The first-order chi connectivity index (χ1) is 16.6. The summed E-state index contributed by atoms with van der Waals surface area (Å²) >= 11 is 0. The number of nitrogens with zero attached hydrogens (tertiary/aromatic N) is 5. The highest BCUT2D eigenvalue weighted by atomic mass is 19.4. The third kappa shape index (κ3) is 5.48. The molecule has 0 unspecified atom stereocenters. The van der Waals surface area contributed by atoms with Crippen molar-refractivity contribution in [1.29, 1.82) is 0 Å². The van der Waals surface area contributed by atoms with Crippen LogP contribution in [0.25, 0.3) is 5.69 Å². The van der Waals surface area contributed by atoms with E-state index in [0.29, 0.717) is 28.9 Å². The smallest absolute Gasteiger partial charge is 0.346 e. The molecule has 2 heterocycles. The fourth-order valence-electron chi connectivity index (χ4n) is 3.68. The van der Waals surface area contributed by atoms with Gasteiger partial charge in [-0.3, -0.25) is 9.59 Å². The lowest BCUT2D eigenvalue weighted by molar-refractivity contribution is -0.143. The molecule has 2 amide bonds. The lowest BCUT2D eigenvalue weighted by Crippen LogP contribution is -2.47. The van der Waals surface area contributed by atoms with Crippen LogP contribution in [0, 0.1) is 5.82 Å². The number of nitrogens with one attached hydrogen (secondary N) is 1. The molecule has 0 radical (unpaired) electrons. The first-order valence-electron chi connectivity index (χ1n) is 10.8. The number of likely N-dealkylation sites (N-methyl/N-ethyl adjacent to an activating group) is 1. The molecule has 1 fully saturated rings. The minimum Gasteiger partial charge on any atom is -0.346 e. The van der Waals surface area contributed by atoms with Crippen molar-refractivity contribution in [2.75, 3.05) is 33.2 Å². The van der Waals surface area contributed by atoms with Crippen molar-refractivity contribution in [2.45, 2.75) is 12.7 Å². The van der Waals surface area contributed by atoms with Gasteiger partial charge in [-0.1, -0.05) is 17.3 Å². The Balaban J connectivity index is 1.45. The number of benzene rings is 2. The van der Waals surface area contributed by atoms with Crippen LogP contribution in [0.3, 0.4) is 0 Å². The van der Waals surface area contributed by atoms with E-state index < -0.39 is 29.3 Å². The van der Waals surface area contributed by atoms with E-state index in [4.69, 9.17) is 0 Å². The van der Waals surface area contributed by atoms with Crippen LogP contribution < -0.4 is 5.32 Å². The van der Waals surface area contributed by atoms with Gasteiger partial charge in [0.25, 0.3) is 11.8 Å². The van der Waals surface area contributed by atoms with Crippen molar-refractivity contribution in [1.82, 2.24) is 30.1 Å². The summed E-state index contributed by atoms with van der Waals surface area (Å²) in [4.78, 5) is 29.1. The molecule has 4 rings (SSSR count). The van der Waals surface area contributed by atoms with Gasteiger partial charge in [0, 0.05) is 38.3 Å². The highest BCUT2D eigenvalue weighted by Crippen LogP contribution is 2.32. The maximum absolute atomic E-state index is 13.7. The van der Waals surface area contributed by atoms with Crippen molar-refractivity contribution in [3.63, 3.8) is 0 Å². The average Bonchev–Trinajstić information content (AvgIpc) is 3.29. The van der Waals surface area contributed by atoms with Gasteiger partial charge in [0.15, 0.2) is 11.4 Å². The van der Waals surface area contributed by atoms with E-state index >= 15 is 0 Å². The van der Waals surface area contributed by atoms with Gasteiger partial charge < -0.3 is 15.1 Å². The van der Waals surface area contributed by atoms with E-state index in [1.807, 2.05) is 7.05 Å². The number of aromatic nitrogens is 3. The number of rotatable bonds is 5. The summed E-state index contributed by atoms with van der Waals surface area (Å²) in [6.45, 7) is 2.77. The zero-order chi connectivity index (χ0) is 25.2. The molecule has 0 bridgehead atoms. The van der Waals surface area contributed by atoms with Crippen molar-refractivity contribution in [3.05, 3.63) is 76.9 Å². The fourth-order valence-corrected chi connectivity index (χ4v) is 3.68. The molecular formula is C23H22F4N6O2. The number of alkyl halides is 3. The van der Waals surface area contributed by atoms with Gasteiger partial charge in [0.2, 0.25) is 0 Å². The summed E-state index contributed by atoms with van der Waals surface area (Å²) in [7, 11) is 1.99. The van der Waals surface area contributed by atoms with Gasteiger partial charge in [0.1, 0.15) is 5.82 Å². The molecule has 3 aromatic rings. The number of amides is 2. The topological polar surface area (TPSA) is 83.4 Å². The highest BCUT2D eigenvalue weighted by Gasteiger charge is 2.42. The number of carbonyl (C=O) groups excluding carboxylic acids is 2. The van der Waals surface area contributed by atoms with Crippen LogP contribution in [-0.2, 0) is 12.7 Å². The van der Waals surface area contributed by atoms with Crippen LogP contribution in [0.2, 0.25) is 0 Å². The fraction of sp³-hybridized carbons (Fsp3) is 0.304. The molecule has 1 aliphatic rings. The quantitative estimate of drug-likeness (QED) is 0.557. The molecule has 0 atom stereocenters. The Bertz CT molecular complexity index is 1200. The molecule has 1 aliphatic heterocycles. The molecular weight excluding hydrogens is 468 g/mol. The van der Waals surface area contributed by atoms with Gasteiger partial charge in [0.05, 0.1) is 5.69 Å². The van der Waals surface area contributed by atoms with Gasteiger partial charge in [-0.2, -0.15) is 13.2 Å². The number of hydrogen-bond donors (Lipinski definition) is 1. The summed E-state index contributed by atoms with van der Waals surface area (Å²) in [5.74, 6) is -1.79. The van der Waals surface area contributed by atoms with Crippen LogP contribution in [0.1, 0.15) is 32.1 Å². The molecule has 35 heavy (non-hydrogen) atoms. The van der Waals surface area contributed by atoms with E-state index in [1.54, 1.807) is 29.2 Å². The Morgan fingerprint density at radius 2 is 1.60 bits per heavy atom. The second-order valence-electron chi connectivity index (χ2n) is 8.15. The van der Waals surface area contributed by atoms with Crippen molar-refractivity contribution >= 4 is 11.8 Å². The minimum absolute atomic E-state index is 0.0808. The Morgan fingerprint density at radius 3 is 2.20 bits per heavy atom. The second-order valence-corrected chi connectivity index (χ2v) is 8.15. The second kappa shape index (κ2) is 9.82. The molecule has 8 nitrogen and oxygen atoms in total. The predicted molar refractivity (Wildman–Crippen MR) is 117 cm³/mol. The Hall–Kier alpha value is -3.80. The van der Waals surface area contributed by atoms with E-state index in [2.05, 4.69) is 20.5 Å². The number of piperazine rings is 1. The summed E-state index contributed by atoms with van der Waals surface area (Å²) in [6, 6.07) is 10.7. The van der Waals surface area contributed by atoms with Crippen LogP contribution in [0.4, 0.5) is 17.6 Å². The largest absolute Gasteiger partial charge is 0.435 e. The molecule has 1 saturated heterocycles. The zero-order valence-corrected chi connectivity index (χ0v) is 18.7.